The van der Waals surface area contributed by atoms with Crippen molar-refractivity contribution in [2.24, 2.45) is 11.3 Å². The summed E-state index contributed by atoms with van der Waals surface area (Å²) in [5.74, 6) is -0.756. The number of amides is 2. The molecule has 0 bridgehead atoms. The molecule has 1 N–H and O–H groups in total. The second-order valence-corrected chi connectivity index (χ2v) is 11.4. The monoisotopic (exact) mass is 454 g/mol. The van der Waals surface area contributed by atoms with Crippen molar-refractivity contribution in [3.8, 4) is 5.75 Å². The highest BCUT2D eigenvalue weighted by Crippen LogP contribution is 2.32. The number of sulfone groups is 1. The predicted molar refractivity (Wildman–Crippen MR) is 114 cm³/mol. The highest BCUT2D eigenvalue weighted by atomic mass is 32.2. The van der Waals surface area contributed by atoms with Gasteiger partial charge in [0.05, 0.1) is 30.3 Å². The highest BCUT2D eigenvalue weighted by Gasteiger charge is 2.29. The van der Waals surface area contributed by atoms with Crippen molar-refractivity contribution in [3.05, 3.63) is 24.0 Å². The zero-order valence-electron chi connectivity index (χ0n) is 18.2. The molecule has 0 radical (unpaired) electrons. The summed E-state index contributed by atoms with van der Waals surface area (Å²) in [5.41, 5.74) is -0.475. The van der Waals surface area contributed by atoms with Crippen LogP contribution in [0.2, 0.25) is 0 Å². The Hall–Kier alpha value is -2.00. The average molecular weight is 455 g/mol. The van der Waals surface area contributed by atoms with Crippen LogP contribution in [-0.4, -0.2) is 57.1 Å². The summed E-state index contributed by atoms with van der Waals surface area (Å²) >= 11 is 0. The molecule has 1 saturated carbocycles. The Morgan fingerprint density at radius 3 is 2.48 bits per heavy atom. The van der Waals surface area contributed by atoms with Gasteiger partial charge in [-0.05, 0) is 55.7 Å². The van der Waals surface area contributed by atoms with Gasteiger partial charge < -0.3 is 4.74 Å². The number of rotatable bonds is 11. The molecule has 2 aliphatic rings. The maximum Gasteiger partial charge on any atom is 0.240 e. The fourth-order valence-electron chi connectivity index (χ4n) is 3.74. The lowest BCUT2D eigenvalue weighted by Gasteiger charge is -2.27. The van der Waals surface area contributed by atoms with Crippen molar-refractivity contribution in [3.63, 3.8) is 0 Å². The van der Waals surface area contributed by atoms with Gasteiger partial charge in [-0.15, -0.1) is 0 Å². The van der Waals surface area contributed by atoms with Crippen LogP contribution in [0.25, 0.3) is 0 Å². The topological polar surface area (TPSA) is 92.8 Å². The number of hydrogen-bond donors (Lipinski definition) is 1. The summed E-state index contributed by atoms with van der Waals surface area (Å²) in [6.07, 6.45) is 4.34. The van der Waals surface area contributed by atoms with E-state index in [1.807, 2.05) is 13.8 Å². The summed E-state index contributed by atoms with van der Waals surface area (Å²) in [6.45, 7) is 5.24. The van der Waals surface area contributed by atoms with E-state index in [2.05, 4.69) is 5.32 Å². The van der Waals surface area contributed by atoms with Crippen molar-refractivity contribution >= 4 is 21.7 Å². The second kappa shape index (κ2) is 9.65. The zero-order valence-corrected chi connectivity index (χ0v) is 19.0. The second-order valence-electron chi connectivity index (χ2n) is 9.41. The number of benzene rings is 1. The first-order valence-corrected chi connectivity index (χ1v) is 12.4. The SMILES string of the molecule is CC(C)(CCCCN1CC(=O)NC(=O)C1)CS(=O)(=O)c1ccc(F)c(OCC2CC2)c1. The first kappa shape index (κ1) is 23.7. The molecule has 0 atom stereocenters. The highest BCUT2D eigenvalue weighted by molar-refractivity contribution is 7.91. The molecule has 1 aromatic rings. The van der Waals surface area contributed by atoms with Gasteiger partial charge in [0.2, 0.25) is 11.8 Å². The van der Waals surface area contributed by atoms with E-state index in [1.165, 1.54) is 12.1 Å². The van der Waals surface area contributed by atoms with Crippen LogP contribution in [0.1, 0.15) is 46.0 Å². The number of nitrogens with one attached hydrogen (secondary N) is 1. The van der Waals surface area contributed by atoms with Gasteiger partial charge in [-0.2, -0.15) is 0 Å². The molecule has 0 aromatic heterocycles. The number of hydrogen-bond acceptors (Lipinski definition) is 6. The maximum atomic E-state index is 14.0. The Morgan fingerprint density at radius 2 is 1.84 bits per heavy atom. The lowest BCUT2D eigenvalue weighted by atomic mass is 9.89. The molecule has 1 aliphatic heterocycles. The Bertz CT molecular complexity index is 912. The van der Waals surface area contributed by atoms with Gasteiger partial charge in [-0.3, -0.25) is 19.8 Å². The summed E-state index contributed by atoms with van der Waals surface area (Å²) in [6, 6.07) is 3.74. The van der Waals surface area contributed by atoms with Crippen LogP contribution in [0.3, 0.4) is 0 Å². The number of carbonyl (C=O) groups is 2. The quantitative estimate of drug-likeness (QED) is 0.314. The van der Waals surface area contributed by atoms with Crippen LogP contribution < -0.4 is 10.1 Å². The maximum absolute atomic E-state index is 14.0. The summed E-state index contributed by atoms with van der Waals surface area (Å²) < 4.78 is 45.4. The molecule has 1 heterocycles. The van der Waals surface area contributed by atoms with Crippen molar-refractivity contribution in [2.45, 2.75) is 50.8 Å². The van der Waals surface area contributed by atoms with Crippen LogP contribution in [0.5, 0.6) is 5.75 Å². The van der Waals surface area contributed by atoms with Crippen LogP contribution in [0.4, 0.5) is 4.39 Å². The largest absolute Gasteiger partial charge is 0.490 e. The van der Waals surface area contributed by atoms with E-state index in [0.717, 1.165) is 31.7 Å². The van der Waals surface area contributed by atoms with Gasteiger partial charge in [0, 0.05) is 6.07 Å². The van der Waals surface area contributed by atoms with E-state index in [4.69, 9.17) is 4.74 Å². The normalized spacial score (nSPS) is 18.2. The molecular weight excluding hydrogens is 423 g/mol. The molecule has 0 spiro atoms. The van der Waals surface area contributed by atoms with E-state index in [-0.39, 0.29) is 41.3 Å². The smallest absolute Gasteiger partial charge is 0.240 e. The summed E-state index contributed by atoms with van der Waals surface area (Å²) in [4.78, 5) is 24.7. The Balaban J connectivity index is 1.51. The molecule has 1 aromatic carbocycles. The minimum absolute atomic E-state index is 0.00843. The minimum atomic E-state index is -3.61. The Morgan fingerprint density at radius 1 is 1.16 bits per heavy atom. The van der Waals surface area contributed by atoms with Crippen molar-refractivity contribution in [2.75, 3.05) is 32.0 Å². The van der Waals surface area contributed by atoms with Crippen LogP contribution in [0.15, 0.2) is 23.1 Å². The number of imide groups is 1. The molecule has 1 saturated heterocycles. The lowest BCUT2D eigenvalue weighted by Crippen LogP contribution is -2.51. The van der Waals surface area contributed by atoms with E-state index in [9.17, 15) is 22.4 Å². The Labute approximate surface area is 183 Å². The Kier molecular flexibility index (Phi) is 7.36. The number of carbonyl (C=O) groups excluding carboxylic acids is 2. The minimum Gasteiger partial charge on any atom is -0.490 e. The number of nitrogens with zero attached hydrogens (tertiary/aromatic N) is 1. The predicted octanol–water partition coefficient (Wildman–Crippen LogP) is 2.54. The fraction of sp³-hybridized carbons (Fsp3) is 0.636. The van der Waals surface area contributed by atoms with Gasteiger partial charge in [-0.25, -0.2) is 12.8 Å². The van der Waals surface area contributed by atoms with Crippen LogP contribution in [-0.2, 0) is 19.4 Å². The molecule has 1 aliphatic carbocycles. The van der Waals surface area contributed by atoms with Gasteiger partial charge in [0.25, 0.3) is 0 Å². The van der Waals surface area contributed by atoms with E-state index in [0.29, 0.717) is 25.5 Å². The van der Waals surface area contributed by atoms with Gasteiger partial charge in [-0.1, -0.05) is 20.3 Å². The zero-order chi connectivity index (χ0) is 22.6. The van der Waals surface area contributed by atoms with Gasteiger partial charge in [0.1, 0.15) is 0 Å². The van der Waals surface area contributed by atoms with Crippen LogP contribution >= 0.6 is 0 Å². The third kappa shape index (κ3) is 7.28. The molecule has 2 amide bonds. The van der Waals surface area contributed by atoms with Crippen molar-refractivity contribution < 1.29 is 27.1 Å². The standard InChI is InChI=1S/C22H31FN2O5S/c1-22(2,9-3-4-10-25-12-20(26)24-21(27)13-25)15-31(28,29)17-7-8-18(23)19(11-17)30-14-16-5-6-16/h7-8,11,16H,3-6,9-10,12-15H2,1-2H3,(H,24,26,27). The summed E-state index contributed by atoms with van der Waals surface area (Å²) in [5, 5.41) is 2.27. The van der Waals surface area contributed by atoms with Gasteiger partial charge in [0.15, 0.2) is 21.4 Å². The average Bonchev–Trinajstić information content (AvgIpc) is 3.47. The number of unbranched alkanes of at least 4 members (excludes halogenated alkanes) is 1. The van der Waals surface area contributed by atoms with E-state index >= 15 is 0 Å². The van der Waals surface area contributed by atoms with E-state index < -0.39 is 21.1 Å². The van der Waals surface area contributed by atoms with E-state index in [1.54, 1.807) is 4.90 Å². The molecule has 2 fully saturated rings. The molecular formula is C22H31FN2O5S. The molecule has 31 heavy (non-hydrogen) atoms. The number of piperazine rings is 1. The molecule has 0 unspecified atom stereocenters. The number of halogens is 1. The van der Waals surface area contributed by atoms with Crippen molar-refractivity contribution in [1.82, 2.24) is 10.2 Å². The van der Waals surface area contributed by atoms with Crippen LogP contribution in [0, 0.1) is 17.2 Å². The number of ether oxygens (including phenoxy) is 1. The molecule has 3 rings (SSSR count). The first-order valence-electron chi connectivity index (χ1n) is 10.7. The summed E-state index contributed by atoms with van der Waals surface area (Å²) in [7, 11) is -3.61. The molecule has 9 heteroatoms. The molecule has 172 valence electrons. The third-order valence-electron chi connectivity index (χ3n) is 5.61. The molecule has 7 nitrogen and oxygen atoms in total. The first-order chi connectivity index (χ1) is 14.5. The van der Waals surface area contributed by atoms with Crippen molar-refractivity contribution in [1.29, 1.82) is 0 Å². The lowest BCUT2D eigenvalue weighted by molar-refractivity contribution is -0.136. The van der Waals surface area contributed by atoms with Gasteiger partial charge >= 0.3 is 0 Å². The fourth-order valence-corrected chi connectivity index (χ4v) is 5.65. The third-order valence-corrected chi connectivity index (χ3v) is 7.74.